The highest BCUT2D eigenvalue weighted by Gasteiger charge is 2.64. The van der Waals surface area contributed by atoms with Gasteiger partial charge in [0.05, 0.1) is 6.61 Å². The Morgan fingerprint density at radius 3 is 2.67 bits per heavy atom. The molecule has 27 heavy (non-hydrogen) atoms. The maximum absolute atomic E-state index is 12.5. The third-order valence-corrected chi connectivity index (χ3v) is 5.62. The molecule has 3 atom stereocenters. The number of carbonyl (C=O) groups excluding carboxylic acids is 3. The van der Waals surface area contributed by atoms with Crippen LogP contribution in [0.4, 0.5) is 4.79 Å². The Balaban J connectivity index is 1.97. The summed E-state index contributed by atoms with van der Waals surface area (Å²) in [7, 11) is 0. The predicted molar refractivity (Wildman–Crippen MR) is 98.8 cm³/mol. The molecule has 0 aliphatic carbocycles. The summed E-state index contributed by atoms with van der Waals surface area (Å²) in [6, 6.07) is -1.47. The minimum atomic E-state index is -0.740. The number of thioether (sulfide) groups is 1. The van der Waals surface area contributed by atoms with E-state index in [9.17, 15) is 14.4 Å². The number of β-lactam (4-membered cyclic amide) rings is 1. The van der Waals surface area contributed by atoms with Crippen molar-refractivity contribution in [3.63, 3.8) is 0 Å². The minimum Gasteiger partial charge on any atom is -0.464 e. The first kappa shape index (κ1) is 21.2. The van der Waals surface area contributed by atoms with Crippen LogP contribution in [0, 0.1) is 0 Å². The number of amides is 2. The van der Waals surface area contributed by atoms with E-state index in [2.05, 4.69) is 15.3 Å². The van der Waals surface area contributed by atoms with E-state index in [1.165, 1.54) is 16.7 Å². The van der Waals surface area contributed by atoms with Crippen LogP contribution in [0.2, 0.25) is 0 Å². The molecule has 2 heterocycles. The third-order valence-electron chi connectivity index (χ3n) is 4.05. The van der Waals surface area contributed by atoms with Crippen LogP contribution >= 0.6 is 11.8 Å². The van der Waals surface area contributed by atoms with E-state index in [-0.39, 0.29) is 24.4 Å². The lowest BCUT2D eigenvalue weighted by molar-refractivity contribution is -0.163. The molecule has 0 saturated carbocycles. The van der Waals surface area contributed by atoms with Crippen molar-refractivity contribution in [2.24, 2.45) is 5.11 Å². The molecule has 0 bridgehead atoms. The Kier molecular flexibility index (Phi) is 6.16. The molecule has 0 spiro atoms. The molecule has 1 unspecified atom stereocenters. The molecule has 2 fully saturated rings. The highest BCUT2D eigenvalue weighted by molar-refractivity contribution is 8.01. The van der Waals surface area contributed by atoms with Crippen LogP contribution in [-0.2, 0) is 19.1 Å². The third kappa shape index (κ3) is 4.78. The maximum atomic E-state index is 12.5. The van der Waals surface area contributed by atoms with Crippen molar-refractivity contribution in [3.8, 4) is 0 Å². The number of ether oxygens (including phenoxy) is 2. The van der Waals surface area contributed by atoms with Gasteiger partial charge in [0.1, 0.15) is 23.1 Å². The molecular weight excluding hydrogens is 374 g/mol. The van der Waals surface area contributed by atoms with Gasteiger partial charge in [0.15, 0.2) is 0 Å². The van der Waals surface area contributed by atoms with Crippen LogP contribution in [0.1, 0.15) is 41.0 Å². The van der Waals surface area contributed by atoms with E-state index in [1.54, 1.807) is 20.8 Å². The number of nitrogens with one attached hydrogen (secondary N) is 1. The molecule has 150 valence electrons. The van der Waals surface area contributed by atoms with Crippen molar-refractivity contribution in [1.82, 2.24) is 10.2 Å². The van der Waals surface area contributed by atoms with Crippen LogP contribution in [0.3, 0.4) is 0 Å². The second kappa shape index (κ2) is 7.85. The van der Waals surface area contributed by atoms with Crippen molar-refractivity contribution in [2.45, 2.75) is 68.8 Å². The van der Waals surface area contributed by atoms with Gasteiger partial charge in [0.25, 0.3) is 0 Å². The van der Waals surface area contributed by atoms with E-state index in [4.69, 9.17) is 15.0 Å². The Morgan fingerprint density at radius 1 is 1.41 bits per heavy atom. The smallest absolute Gasteiger partial charge is 0.408 e. The molecule has 0 aromatic carbocycles. The highest BCUT2D eigenvalue weighted by Crippen LogP contribution is 2.51. The summed E-state index contributed by atoms with van der Waals surface area (Å²) in [5.41, 5.74) is 7.56. The minimum absolute atomic E-state index is 0.112. The van der Waals surface area contributed by atoms with Gasteiger partial charge >= 0.3 is 12.1 Å². The second-order valence-electron chi connectivity index (χ2n) is 7.86. The molecule has 0 aromatic rings. The van der Waals surface area contributed by atoms with Gasteiger partial charge < -0.3 is 19.7 Å². The first-order valence-electron chi connectivity index (χ1n) is 8.65. The van der Waals surface area contributed by atoms with Crippen LogP contribution in [0.5, 0.6) is 0 Å². The van der Waals surface area contributed by atoms with Gasteiger partial charge in [-0.3, -0.25) is 4.79 Å². The molecule has 2 aliphatic heterocycles. The zero-order valence-corrected chi connectivity index (χ0v) is 16.9. The van der Waals surface area contributed by atoms with Gasteiger partial charge in [0, 0.05) is 16.2 Å². The van der Waals surface area contributed by atoms with Gasteiger partial charge in [-0.2, -0.15) is 0 Å². The molecule has 11 heteroatoms. The van der Waals surface area contributed by atoms with E-state index in [1.807, 2.05) is 13.8 Å². The normalized spacial score (nSPS) is 25.7. The number of rotatable bonds is 6. The number of hydrogen-bond donors (Lipinski definition) is 1. The van der Waals surface area contributed by atoms with Gasteiger partial charge in [-0.05, 0) is 46.6 Å². The molecule has 2 aliphatic rings. The van der Waals surface area contributed by atoms with Crippen molar-refractivity contribution in [3.05, 3.63) is 10.4 Å². The quantitative estimate of drug-likeness (QED) is 0.182. The number of esters is 1. The molecular formula is C16H25N5O5S. The lowest BCUT2D eigenvalue weighted by atomic mass is 9.96. The van der Waals surface area contributed by atoms with E-state index >= 15 is 0 Å². The first-order chi connectivity index (χ1) is 12.5. The van der Waals surface area contributed by atoms with Gasteiger partial charge in [0.2, 0.25) is 5.91 Å². The van der Waals surface area contributed by atoms with Crippen LogP contribution in [0.15, 0.2) is 5.11 Å². The zero-order chi connectivity index (χ0) is 20.4. The zero-order valence-electron chi connectivity index (χ0n) is 16.1. The maximum Gasteiger partial charge on any atom is 0.408 e. The second-order valence-corrected chi connectivity index (χ2v) is 9.63. The largest absolute Gasteiger partial charge is 0.464 e. The molecule has 0 radical (unpaired) electrons. The van der Waals surface area contributed by atoms with E-state index in [0.717, 1.165) is 0 Å². The topological polar surface area (TPSA) is 134 Å². The van der Waals surface area contributed by atoms with Crippen molar-refractivity contribution in [1.29, 1.82) is 0 Å². The van der Waals surface area contributed by atoms with Crippen LogP contribution < -0.4 is 5.32 Å². The fourth-order valence-electron chi connectivity index (χ4n) is 2.99. The van der Waals surface area contributed by atoms with E-state index in [0.29, 0.717) is 6.42 Å². The Bertz CT molecular complexity index is 671. The molecule has 10 nitrogen and oxygen atoms in total. The van der Waals surface area contributed by atoms with Gasteiger partial charge in [-0.1, -0.05) is 5.11 Å². The van der Waals surface area contributed by atoms with Gasteiger partial charge in [-0.15, -0.1) is 11.8 Å². The summed E-state index contributed by atoms with van der Waals surface area (Å²) in [6.45, 7) is 9.29. The Morgan fingerprint density at radius 2 is 2.07 bits per heavy atom. The van der Waals surface area contributed by atoms with Gasteiger partial charge in [-0.25, -0.2) is 9.59 Å². The molecule has 2 saturated heterocycles. The summed E-state index contributed by atoms with van der Waals surface area (Å²) < 4.78 is 9.88. The summed E-state index contributed by atoms with van der Waals surface area (Å²) in [4.78, 5) is 41.1. The van der Waals surface area contributed by atoms with Crippen molar-refractivity contribution < 1.29 is 23.9 Å². The molecule has 1 N–H and O–H groups in total. The number of azide groups is 1. The monoisotopic (exact) mass is 399 g/mol. The first-order valence-corrected chi connectivity index (χ1v) is 9.53. The summed E-state index contributed by atoms with van der Waals surface area (Å²) in [5, 5.41) is 5.62. The standard InChI is InChI=1S/C16H25N5O5S/c1-15(2,3)26-14(24)19-9-11(22)21-10(16(4,5)27-12(9)21)13(23)25-8-6-7-18-20-17/h9-10,12H,6-8H2,1-5H3,(H,19,24)/t9-,10?,12-/m1/s1. The van der Waals surface area contributed by atoms with E-state index < -0.39 is 34.5 Å². The number of alkyl carbamates (subject to hydrolysis) is 1. The molecule has 2 amide bonds. The molecule has 2 rings (SSSR count). The number of fused-ring (bicyclic) bond motifs is 1. The lowest BCUT2D eigenvalue weighted by Crippen LogP contribution is -2.71. The number of hydrogen-bond acceptors (Lipinski definition) is 7. The average molecular weight is 399 g/mol. The highest BCUT2D eigenvalue weighted by atomic mass is 32.2. The van der Waals surface area contributed by atoms with Crippen molar-refractivity contribution >= 4 is 29.7 Å². The Hall–Kier alpha value is -2.13. The fourth-order valence-corrected chi connectivity index (χ4v) is 4.61. The predicted octanol–water partition coefficient (Wildman–Crippen LogP) is 2.19. The van der Waals surface area contributed by atoms with Crippen molar-refractivity contribution in [2.75, 3.05) is 13.2 Å². The van der Waals surface area contributed by atoms with Crippen LogP contribution in [0.25, 0.3) is 10.4 Å². The number of nitrogens with zero attached hydrogens (tertiary/aromatic N) is 4. The molecule has 0 aromatic heterocycles. The lowest BCUT2D eigenvalue weighted by Gasteiger charge is -2.43. The average Bonchev–Trinajstić information content (AvgIpc) is 2.79. The SMILES string of the molecule is CC(C)(C)OC(=O)N[C@@H]1C(=O)N2C(C(=O)OCCCN=[N+]=[N-])C(C)(C)S[C@H]12. The Labute approximate surface area is 161 Å². The van der Waals surface area contributed by atoms with Crippen LogP contribution in [-0.4, -0.2) is 63.8 Å². The summed E-state index contributed by atoms with van der Waals surface area (Å²) in [6.07, 6.45) is -0.251. The summed E-state index contributed by atoms with van der Waals surface area (Å²) >= 11 is 1.44. The summed E-state index contributed by atoms with van der Waals surface area (Å²) in [5.74, 6) is -0.833. The fraction of sp³-hybridized carbons (Fsp3) is 0.812. The number of carbonyl (C=O) groups is 3.